The molecule has 0 spiro atoms. The summed E-state index contributed by atoms with van der Waals surface area (Å²) >= 11 is 0. The molecule has 0 aliphatic carbocycles. The van der Waals surface area contributed by atoms with E-state index in [9.17, 15) is 8.42 Å². The summed E-state index contributed by atoms with van der Waals surface area (Å²) in [4.78, 5) is 0. The van der Waals surface area contributed by atoms with Crippen LogP contribution in [-0.2, 0) is 9.84 Å². The summed E-state index contributed by atoms with van der Waals surface area (Å²) in [5.41, 5.74) is -0.207. The average molecular weight is 233 g/mol. The molecule has 1 N–H and O–H groups in total. The van der Waals surface area contributed by atoms with Gasteiger partial charge in [-0.1, -0.05) is 20.3 Å². The predicted octanol–water partition coefficient (Wildman–Crippen LogP) is 1.59. The Kier molecular flexibility index (Phi) is 3.82. The zero-order valence-electron chi connectivity index (χ0n) is 10.2. The van der Waals surface area contributed by atoms with Crippen molar-refractivity contribution in [2.75, 3.05) is 11.5 Å². The molecule has 1 fully saturated rings. The van der Waals surface area contributed by atoms with Crippen molar-refractivity contribution in [3.8, 4) is 0 Å². The standard InChI is InChI=1S/C11H23NO2S/c1-5-9(2)10(3)12-11(4)6-7-15(13,14)8-11/h9-10,12H,5-8H2,1-4H3. The van der Waals surface area contributed by atoms with Crippen LogP contribution in [0.25, 0.3) is 0 Å². The van der Waals surface area contributed by atoms with E-state index in [1.807, 2.05) is 6.92 Å². The Morgan fingerprint density at radius 1 is 1.40 bits per heavy atom. The van der Waals surface area contributed by atoms with Crippen LogP contribution in [0.3, 0.4) is 0 Å². The van der Waals surface area contributed by atoms with Crippen LogP contribution >= 0.6 is 0 Å². The molecule has 0 radical (unpaired) electrons. The van der Waals surface area contributed by atoms with Crippen LogP contribution < -0.4 is 5.32 Å². The number of sulfone groups is 1. The number of hydrogen-bond donors (Lipinski definition) is 1. The van der Waals surface area contributed by atoms with Gasteiger partial charge in [0.25, 0.3) is 0 Å². The lowest BCUT2D eigenvalue weighted by Crippen LogP contribution is -2.50. The topological polar surface area (TPSA) is 46.2 Å². The van der Waals surface area contributed by atoms with Crippen LogP contribution in [0.1, 0.15) is 40.5 Å². The Hall–Kier alpha value is -0.0900. The van der Waals surface area contributed by atoms with Gasteiger partial charge in [-0.25, -0.2) is 8.42 Å². The molecule has 1 rings (SSSR count). The zero-order chi connectivity index (χ0) is 11.7. The highest BCUT2D eigenvalue weighted by Gasteiger charge is 2.39. The van der Waals surface area contributed by atoms with Gasteiger partial charge in [-0.3, -0.25) is 0 Å². The fraction of sp³-hybridized carbons (Fsp3) is 1.00. The highest BCUT2D eigenvalue weighted by molar-refractivity contribution is 7.91. The van der Waals surface area contributed by atoms with E-state index in [-0.39, 0.29) is 5.54 Å². The maximum absolute atomic E-state index is 11.4. The summed E-state index contributed by atoms with van der Waals surface area (Å²) in [6.45, 7) is 8.53. The van der Waals surface area contributed by atoms with Crippen LogP contribution in [0.5, 0.6) is 0 Å². The first-order valence-electron chi connectivity index (χ1n) is 5.76. The van der Waals surface area contributed by atoms with Crippen LogP contribution in [0.2, 0.25) is 0 Å². The fourth-order valence-electron chi connectivity index (χ4n) is 2.17. The third kappa shape index (κ3) is 3.45. The molecule has 1 aliphatic rings. The second kappa shape index (κ2) is 4.42. The molecular formula is C11H23NO2S. The minimum Gasteiger partial charge on any atom is -0.308 e. The van der Waals surface area contributed by atoms with Gasteiger partial charge < -0.3 is 5.32 Å². The monoisotopic (exact) mass is 233 g/mol. The minimum atomic E-state index is -2.79. The molecule has 4 heteroatoms. The molecule has 0 saturated carbocycles. The van der Waals surface area contributed by atoms with Crippen molar-refractivity contribution in [3.63, 3.8) is 0 Å². The largest absolute Gasteiger partial charge is 0.308 e. The first-order valence-corrected chi connectivity index (χ1v) is 7.58. The van der Waals surface area contributed by atoms with Gasteiger partial charge in [0.1, 0.15) is 0 Å². The Balaban J connectivity index is 2.59. The Morgan fingerprint density at radius 3 is 2.40 bits per heavy atom. The SMILES string of the molecule is CCC(C)C(C)NC1(C)CCS(=O)(=O)C1. The van der Waals surface area contributed by atoms with Crippen molar-refractivity contribution in [2.45, 2.75) is 52.1 Å². The van der Waals surface area contributed by atoms with E-state index in [4.69, 9.17) is 0 Å². The lowest BCUT2D eigenvalue weighted by Gasteiger charge is -2.31. The van der Waals surface area contributed by atoms with Gasteiger partial charge in [0, 0.05) is 11.6 Å². The second-order valence-corrected chi connectivity index (χ2v) is 7.41. The molecule has 1 heterocycles. The van der Waals surface area contributed by atoms with Crippen molar-refractivity contribution >= 4 is 9.84 Å². The first kappa shape index (κ1) is 13.0. The van der Waals surface area contributed by atoms with Gasteiger partial charge in [-0.2, -0.15) is 0 Å². The molecule has 15 heavy (non-hydrogen) atoms. The van der Waals surface area contributed by atoms with Gasteiger partial charge in [-0.05, 0) is 26.2 Å². The lowest BCUT2D eigenvalue weighted by atomic mass is 9.95. The van der Waals surface area contributed by atoms with E-state index in [0.29, 0.717) is 23.5 Å². The van der Waals surface area contributed by atoms with Crippen LogP contribution in [0.4, 0.5) is 0 Å². The van der Waals surface area contributed by atoms with E-state index in [1.54, 1.807) is 0 Å². The minimum absolute atomic E-state index is 0.207. The normalized spacial score (nSPS) is 33.9. The molecule has 1 aliphatic heterocycles. The van der Waals surface area contributed by atoms with Gasteiger partial charge in [0.15, 0.2) is 9.84 Å². The van der Waals surface area contributed by atoms with Crippen molar-refractivity contribution in [2.24, 2.45) is 5.92 Å². The molecule has 0 aromatic carbocycles. The first-order chi connectivity index (χ1) is 6.78. The van der Waals surface area contributed by atoms with Crippen molar-refractivity contribution in [1.82, 2.24) is 5.32 Å². The molecule has 3 nitrogen and oxygen atoms in total. The van der Waals surface area contributed by atoms with Gasteiger partial charge in [0.05, 0.1) is 11.5 Å². The van der Waals surface area contributed by atoms with E-state index in [0.717, 1.165) is 12.8 Å². The van der Waals surface area contributed by atoms with Gasteiger partial charge in [0.2, 0.25) is 0 Å². The van der Waals surface area contributed by atoms with E-state index >= 15 is 0 Å². The molecule has 0 aromatic heterocycles. The van der Waals surface area contributed by atoms with E-state index in [2.05, 4.69) is 26.1 Å². The summed E-state index contributed by atoms with van der Waals surface area (Å²) < 4.78 is 22.9. The van der Waals surface area contributed by atoms with Gasteiger partial charge >= 0.3 is 0 Å². The Labute approximate surface area is 93.6 Å². The Bertz CT molecular complexity index is 313. The van der Waals surface area contributed by atoms with Crippen molar-refractivity contribution < 1.29 is 8.42 Å². The molecule has 0 bridgehead atoms. The molecule has 0 amide bonds. The molecular weight excluding hydrogens is 210 g/mol. The highest BCUT2D eigenvalue weighted by Crippen LogP contribution is 2.24. The third-order valence-electron chi connectivity index (χ3n) is 3.58. The van der Waals surface area contributed by atoms with Gasteiger partial charge in [-0.15, -0.1) is 0 Å². The summed E-state index contributed by atoms with van der Waals surface area (Å²) in [7, 11) is -2.79. The summed E-state index contributed by atoms with van der Waals surface area (Å²) in [5, 5.41) is 3.48. The number of hydrogen-bond acceptors (Lipinski definition) is 3. The smallest absolute Gasteiger partial charge is 0.152 e. The second-order valence-electron chi connectivity index (χ2n) is 5.22. The summed E-state index contributed by atoms with van der Waals surface area (Å²) in [6.07, 6.45) is 1.87. The zero-order valence-corrected chi connectivity index (χ0v) is 11.0. The summed E-state index contributed by atoms with van der Waals surface area (Å²) in [6, 6.07) is 0.383. The molecule has 3 unspecified atom stereocenters. The van der Waals surface area contributed by atoms with Crippen LogP contribution in [0, 0.1) is 5.92 Å². The number of rotatable bonds is 4. The van der Waals surface area contributed by atoms with Crippen molar-refractivity contribution in [1.29, 1.82) is 0 Å². The summed E-state index contributed by atoms with van der Waals surface area (Å²) in [5.74, 6) is 1.22. The number of nitrogens with one attached hydrogen (secondary N) is 1. The van der Waals surface area contributed by atoms with Crippen LogP contribution in [0.15, 0.2) is 0 Å². The van der Waals surface area contributed by atoms with Crippen molar-refractivity contribution in [3.05, 3.63) is 0 Å². The average Bonchev–Trinajstić information content (AvgIpc) is 2.39. The molecule has 1 saturated heterocycles. The molecule has 90 valence electrons. The Morgan fingerprint density at radius 2 is 2.00 bits per heavy atom. The fourth-order valence-corrected chi connectivity index (χ4v) is 4.27. The van der Waals surface area contributed by atoms with E-state index < -0.39 is 9.84 Å². The maximum atomic E-state index is 11.4. The maximum Gasteiger partial charge on any atom is 0.152 e. The predicted molar refractivity (Wildman–Crippen MR) is 63.7 cm³/mol. The highest BCUT2D eigenvalue weighted by atomic mass is 32.2. The third-order valence-corrected chi connectivity index (χ3v) is 5.48. The molecule has 0 aromatic rings. The van der Waals surface area contributed by atoms with E-state index in [1.165, 1.54) is 0 Å². The lowest BCUT2D eigenvalue weighted by molar-refractivity contribution is 0.290. The van der Waals surface area contributed by atoms with Crippen LogP contribution in [-0.4, -0.2) is 31.5 Å². The molecule has 3 atom stereocenters. The quantitative estimate of drug-likeness (QED) is 0.802.